The Morgan fingerprint density at radius 3 is 2.31 bits per heavy atom. The first-order valence-corrected chi connectivity index (χ1v) is 5.38. The number of ether oxygens (including phenoxy) is 2. The summed E-state index contributed by atoms with van der Waals surface area (Å²) in [6.45, 7) is 2.61. The van der Waals surface area contributed by atoms with Gasteiger partial charge in [0.15, 0.2) is 0 Å². The van der Waals surface area contributed by atoms with E-state index in [0.717, 1.165) is 29.0 Å². The van der Waals surface area contributed by atoms with Gasteiger partial charge in [-0.05, 0) is 18.6 Å². The van der Waals surface area contributed by atoms with Gasteiger partial charge in [-0.2, -0.15) is 0 Å². The fourth-order valence-corrected chi connectivity index (χ4v) is 1.73. The van der Waals surface area contributed by atoms with Gasteiger partial charge in [0, 0.05) is 17.7 Å². The highest BCUT2D eigenvalue weighted by Gasteiger charge is 2.10. The summed E-state index contributed by atoms with van der Waals surface area (Å²) in [4.78, 5) is 0. The second-order valence-electron chi connectivity index (χ2n) is 3.35. The van der Waals surface area contributed by atoms with Gasteiger partial charge in [0.2, 0.25) is 0 Å². The topological polar surface area (TPSA) is 44.5 Å². The summed E-state index contributed by atoms with van der Waals surface area (Å²) in [6, 6.07) is 3.84. The highest BCUT2D eigenvalue weighted by molar-refractivity contribution is 5.65. The predicted octanol–water partition coefficient (Wildman–Crippen LogP) is 2.24. The third kappa shape index (κ3) is 2.55. The number of hydrogen-bond acceptors (Lipinski definition) is 3. The lowest BCUT2D eigenvalue weighted by molar-refractivity contribution is 0.398. The Bertz CT molecular complexity index is 372. The molecule has 3 heteroatoms. The van der Waals surface area contributed by atoms with E-state index in [1.54, 1.807) is 14.2 Å². The molecule has 0 saturated carbocycles. The first-order chi connectivity index (χ1) is 7.78. The Morgan fingerprint density at radius 2 is 1.81 bits per heavy atom. The molecule has 1 aromatic carbocycles. The van der Waals surface area contributed by atoms with Crippen molar-refractivity contribution < 1.29 is 9.47 Å². The maximum Gasteiger partial charge on any atom is 0.126 e. The van der Waals surface area contributed by atoms with Crippen LogP contribution in [0.1, 0.15) is 18.1 Å². The zero-order chi connectivity index (χ0) is 12.0. The average molecular weight is 221 g/mol. The lowest BCUT2D eigenvalue weighted by Gasteiger charge is -2.13. The molecule has 0 unspecified atom stereocenters. The molecule has 0 aromatic heterocycles. The van der Waals surface area contributed by atoms with Crippen LogP contribution in [0.4, 0.5) is 0 Å². The van der Waals surface area contributed by atoms with Gasteiger partial charge in [-0.1, -0.05) is 19.1 Å². The van der Waals surface area contributed by atoms with E-state index in [2.05, 4.69) is 6.92 Å². The molecule has 2 N–H and O–H groups in total. The van der Waals surface area contributed by atoms with Gasteiger partial charge in [0.25, 0.3) is 0 Å². The SMILES string of the molecule is CCc1c(OC)ccc(OC)c1/C=C/CN. The maximum absolute atomic E-state index is 5.47. The molecule has 16 heavy (non-hydrogen) atoms. The van der Waals surface area contributed by atoms with Crippen molar-refractivity contribution in [1.82, 2.24) is 0 Å². The lowest BCUT2D eigenvalue weighted by atomic mass is 10.0. The first kappa shape index (κ1) is 12.6. The van der Waals surface area contributed by atoms with Gasteiger partial charge < -0.3 is 15.2 Å². The fourth-order valence-electron chi connectivity index (χ4n) is 1.73. The predicted molar refractivity (Wildman–Crippen MR) is 67.0 cm³/mol. The van der Waals surface area contributed by atoms with Crippen LogP contribution in [0.25, 0.3) is 6.08 Å². The van der Waals surface area contributed by atoms with E-state index in [1.807, 2.05) is 24.3 Å². The average Bonchev–Trinajstić information content (AvgIpc) is 2.34. The zero-order valence-corrected chi connectivity index (χ0v) is 10.1. The van der Waals surface area contributed by atoms with Crippen LogP contribution in [0, 0.1) is 0 Å². The van der Waals surface area contributed by atoms with Crippen LogP contribution in [-0.2, 0) is 6.42 Å². The molecule has 0 aliphatic rings. The molecule has 0 bridgehead atoms. The van der Waals surface area contributed by atoms with E-state index in [0.29, 0.717) is 6.54 Å². The molecule has 88 valence electrons. The number of methoxy groups -OCH3 is 2. The highest BCUT2D eigenvalue weighted by atomic mass is 16.5. The maximum atomic E-state index is 5.47. The highest BCUT2D eigenvalue weighted by Crippen LogP contribution is 2.31. The Balaban J connectivity index is 3.30. The van der Waals surface area contributed by atoms with E-state index in [4.69, 9.17) is 15.2 Å². The Morgan fingerprint density at radius 1 is 1.19 bits per heavy atom. The van der Waals surface area contributed by atoms with Crippen LogP contribution in [-0.4, -0.2) is 20.8 Å². The minimum Gasteiger partial charge on any atom is -0.496 e. The molecule has 0 fully saturated rings. The number of hydrogen-bond donors (Lipinski definition) is 1. The molecular weight excluding hydrogens is 202 g/mol. The quantitative estimate of drug-likeness (QED) is 0.829. The molecule has 0 heterocycles. The molecule has 1 rings (SSSR count). The summed E-state index contributed by atoms with van der Waals surface area (Å²) < 4.78 is 10.7. The largest absolute Gasteiger partial charge is 0.496 e. The minimum atomic E-state index is 0.517. The molecule has 3 nitrogen and oxygen atoms in total. The van der Waals surface area contributed by atoms with E-state index in [1.165, 1.54) is 0 Å². The lowest BCUT2D eigenvalue weighted by Crippen LogP contribution is -1.98. The molecule has 0 atom stereocenters. The summed E-state index contributed by atoms with van der Waals surface area (Å²) in [5.74, 6) is 1.74. The normalized spacial score (nSPS) is 10.8. The summed E-state index contributed by atoms with van der Waals surface area (Å²) in [6.07, 6.45) is 4.79. The molecule has 0 saturated heterocycles. The van der Waals surface area contributed by atoms with Crippen molar-refractivity contribution in [2.75, 3.05) is 20.8 Å². The summed E-state index contributed by atoms with van der Waals surface area (Å²) in [5, 5.41) is 0. The second-order valence-corrected chi connectivity index (χ2v) is 3.35. The molecular formula is C13H19NO2. The minimum absolute atomic E-state index is 0.517. The molecule has 0 aliphatic heterocycles. The number of nitrogens with two attached hydrogens (primary N) is 1. The van der Waals surface area contributed by atoms with Crippen molar-refractivity contribution in [3.8, 4) is 11.5 Å². The van der Waals surface area contributed by atoms with Crippen molar-refractivity contribution in [3.63, 3.8) is 0 Å². The van der Waals surface area contributed by atoms with Crippen LogP contribution in [0.3, 0.4) is 0 Å². The van der Waals surface area contributed by atoms with Crippen molar-refractivity contribution >= 4 is 6.08 Å². The molecule has 0 amide bonds. The molecule has 0 aliphatic carbocycles. The first-order valence-electron chi connectivity index (χ1n) is 5.38. The van der Waals surface area contributed by atoms with E-state index < -0.39 is 0 Å². The standard InChI is InChI=1S/C13H19NO2/c1-4-10-11(6-5-9-14)13(16-3)8-7-12(10)15-2/h5-8H,4,9,14H2,1-3H3/b6-5+. The van der Waals surface area contributed by atoms with Crippen molar-refractivity contribution in [2.45, 2.75) is 13.3 Å². The van der Waals surface area contributed by atoms with Crippen LogP contribution in [0.15, 0.2) is 18.2 Å². The number of rotatable bonds is 5. The van der Waals surface area contributed by atoms with Crippen molar-refractivity contribution in [3.05, 3.63) is 29.3 Å². The summed E-state index contributed by atoms with van der Waals surface area (Å²) in [5.41, 5.74) is 7.67. The van der Waals surface area contributed by atoms with Gasteiger partial charge in [-0.25, -0.2) is 0 Å². The van der Waals surface area contributed by atoms with E-state index in [9.17, 15) is 0 Å². The summed E-state index contributed by atoms with van der Waals surface area (Å²) in [7, 11) is 3.35. The summed E-state index contributed by atoms with van der Waals surface area (Å²) >= 11 is 0. The fraction of sp³-hybridized carbons (Fsp3) is 0.385. The number of benzene rings is 1. The van der Waals surface area contributed by atoms with Crippen LogP contribution >= 0.6 is 0 Å². The molecule has 1 aromatic rings. The Hall–Kier alpha value is -1.48. The van der Waals surface area contributed by atoms with Gasteiger partial charge in [0.05, 0.1) is 14.2 Å². The van der Waals surface area contributed by atoms with E-state index >= 15 is 0 Å². The van der Waals surface area contributed by atoms with Crippen molar-refractivity contribution in [1.29, 1.82) is 0 Å². The van der Waals surface area contributed by atoms with Crippen molar-refractivity contribution in [2.24, 2.45) is 5.73 Å². The Kier molecular flexibility index (Phi) is 4.86. The Labute approximate surface area is 96.9 Å². The van der Waals surface area contributed by atoms with Crippen LogP contribution in [0.5, 0.6) is 11.5 Å². The van der Waals surface area contributed by atoms with Crippen LogP contribution < -0.4 is 15.2 Å². The molecule has 0 radical (unpaired) electrons. The van der Waals surface area contributed by atoms with Gasteiger partial charge in [-0.15, -0.1) is 0 Å². The van der Waals surface area contributed by atoms with E-state index in [-0.39, 0.29) is 0 Å². The smallest absolute Gasteiger partial charge is 0.126 e. The third-order valence-corrected chi connectivity index (χ3v) is 2.49. The van der Waals surface area contributed by atoms with Gasteiger partial charge in [-0.3, -0.25) is 0 Å². The van der Waals surface area contributed by atoms with Gasteiger partial charge in [0.1, 0.15) is 11.5 Å². The second kappa shape index (κ2) is 6.18. The third-order valence-electron chi connectivity index (χ3n) is 2.49. The van der Waals surface area contributed by atoms with Gasteiger partial charge >= 0.3 is 0 Å². The molecule has 0 spiro atoms. The zero-order valence-electron chi connectivity index (χ0n) is 10.1. The van der Waals surface area contributed by atoms with Crippen LogP contribution in [0.2, 0.25) is 0 Å². The monoisotopic (exact) mass is 221 g/mol.